The number of anilines is 1. The Labute approximate surface area is 93.4 Å². The molecule has 0 atom stereocenters. The van der Waals surface area contributed by atoms with Gasteiger partial charge >= 0.3 is 0 Å². The van der Waals surface area contributed by atoms with E-state index in [4.69, 9.17) is 5.73 Å². The van der Waals surface area contributed by atoms with Crippen molar-refractivity contribution in [1.82, 2.24) is 15.0 Å². The molecule has 0 aliphatic heterocycles. The van der Waals surface area contributed by atoms with E-state index in [0.29, 0.717) is 11.6 Å². The van der Waals surface area contributed by atoms with Gasteiger partial charge in [-0.3, -0.25) is 0 Å². The molecule has 2 N–H and O–H groups in total. The van der Waals surface area contributed by atoms with Crippen LogP contribution < -0.4 is 5.73 Å². The summed E-state index contributed by atoms with van der Waals surface area (Å²) in [6.45, 7) is 1.80. The van der Waals surface area contributed by atoms with Crippen LogP contribution in [0.25, 0.3) is 10.6 Å². The minimum absolute atomic E-state index is 0.472. The Morgan fingerprint density at radius 2 is 2.14 bits per heavy atom. The van der Waals surface area contributed by atoms with Gasteiger partial charge in [0.2, 0.25) is 0 Å². The summed E-state index contributed by atoms with van der Waals surface area (Å²) in [5.41, 5.74) is 6.55. The molecule has 0 bridgehead atoms. The van der Waals surface area contributed by atoms with Gasteiger partial charge in [0.05, 0.1) is 15.5 Å². The fourth-order valence-electron chi connectivity index (χ4n) is 1.03. The number of hydrogen-bond acceptors (Lipinski definition) is 5. The molecule has 6 heteroatoms. The third-order valence-corrected chi connectivity index (χ3v) is 3.16. The zero-order chi connectivity index (χ0) is 10.1. The van der Waals surface area contributed by atoms with E-state index in [2.05, 4.69) is 30.9 Å². The highest BCUT2D eigenvalue weighted by Gasteiger charge is 2.08. The van der Waals surface area contributed by atoms with Crippen molar-refractivity contribution in [2.24, 2.45) is 0 Å². The van der Waals surface area contributed by atoms with Crippen molar-refractivity contribution >= 4 is 33.1 Å². The van der Waals surface area contributed by atoms with Gasteiger partial charge in [0, 0.05) is 6.20 Å². The van der Waals surface area contributed by atoms with Gasteiger partial charge in [-0.1, -0.05) is 0 Å². The number of hydrogen-bond donors (Lipinski definition) is 1. The van der Waals surface area contributed by atoms with E-state index >= 15 is 0 Å². The standard InChI is InChI=1S/C8H7BrN4S/c1-4-11-2-5(7(10)13-4)8-12-3-6(9)14-8/h2-3H,1H3,(H2,10,11,13). The summed E-state index contributed by atoms with van der Waals surface area (Å²) in [7, 11) is 0. The third-order valence-electron chi connectivity index (χ3n) is 1.65. The van der Waals surface area contributed by atoms with Crippen LogP contribution in [0.1, 0.15) is 5.82 Å². The van der Waals surface area contributed by atoms with Gasteiger partial charge in [0.1, 0.15) is 16.6 Å². The van der Waals surface area contributed by atoms with Crippen LogP contribution in [0.5, 0.6) is 0 Å². The average molecular weight is 271 g/mol. The lowest BCUT2D eigenvalue weighted by Gasteiger charge is -2.00. The number of halogens is 1. The van der Waals surface area contributed by atoms with Crippen molar-refractivity contribution in [1.29, 1.82) is 0 Å². The molecule has 2 aromatic rings. The predicted molar refractivity (Wildman–Crippen MR) is 60.0 cm³/mol. The molecule has 4 nitrogen and oxygen atoms in total. The molecule has 0 spiro atoms. The van der Waals surface area contributed by atoms with Crippen LogP contribution in [0.2, 0.25) is 0 Å². The molecule has 0 fully saturated rings. The van der Waals surface area contributed by atoms with Crippen molar-refractivity contribution < 1.29 is 0 Å². The van der Waals surface area contributed by atoms with Crippen LogP contribution in [-0.2, 0) is 0 Å². The lowest BCUT2D eigenvalue weighted by Crippen LogP contribution is -1.97. The van der Waals surface area contributed by atoms with E-state index in [0.717, 1.165) is 14.4 Å². The summed E-state index contributed by atoms with van der Waals surface area (Å²) in [4.78, 5) is 12.4. The zero-order valence-electron chi connectivity index (χ0n) is 7.36. The Kier molecular flexibility index (Phi) is 2.47. The quantitative estimate of drug-likeness (QED) is 0.864. The lowest BCUT2D eigenvalue weighted by atomic mass is 10.3. The van der Waals surface area contributed by atoms with Crippen molar-refractivity contribution in [3.05, 3.63) is 22.0 Å². The van der Waals surface area contributed by atoms with Crippen molar-refractivity contribution in [2.75, 3.05) is 5.73 Å². The summed E-state index contributed by atoms with van der Waals surface area (Å²) in [6, 6.07) is 0. The first-order chi connectivity index (χ1) is 6.66. The van der Waals surface area contributed by atoms with Crippen LogP contribution in [0, 0.1) is 6.92 Å². The topological polar surface area (TPSA) is 64.7 Å². The number of thiazole rings is 1. The second-order valence-corrected chi connectivity index (χ2v) is 5.10. The Balaban J connectivity index is 2.52. The average Bonchev–Trinajstić information content (AvgIpc) is 2.51. The molecule has 0 aliphatic carbocycles. The molecule has 2 aromatic heterocycles. The summed E-state index contributed by atoms with van der Waals surface area (Å²) in [6.07, 6.45) is 3.43. The van der Waals surface area contributed by atoms with E-state index < -0.39 is 0 Å². The smallest absolute Gasteiger partial charge is 0.137 e. The number of nitrogens with two attached hydrogens (primary N) is 1. The highest BCUT2D eigenvalue weighted by atomic mass is 79.9. The maximum absolute atomic E-state index is 5.76. The second-order valence-electron chi connectivity index (χ2n) is 2.69. The monoisotopic (exact) mass is 270 g/mol. The minimum Gasteiger partial charge on any atom is -0.383 e. The summed E-state index contributed by atoms with van der Waals surface area (Å²) >= 11 is 4.85. The largest absolute Gasteiger partial charge is 0.383 e. The van der Waals surface area contributed by atoms with E-state index in [-0.39, 0.29) is 0 Å². The molecule has 14 heavy (non-hydrogen) atoms. The number of aryl methyl sites for hydroxylation is 1. The Bertz CT molecular complexity index is 468. The van der Waals surface area contributed by atoms with E-state index in [1.165, 1.54) is 11.3 Å². The number of nitrogens with zero attached hydrogens (tertiary/aromatic N) is 3. The summed E-state index contributed by atoms with van der Waals surface area (Å²) in [5, 5.41) is 0.828. The van der Waals surface area contributed by atoms with Crippen LogP contribution in [0.4, 0.5) is 5.82 Å². The Morgan fingerprint density at radius 3 is 2.71 bits per heavy atom. The molecule has 2 rings (SSSR count). The minimum atomic E-state index is 0.472. The molecule has 2 heterocycles. The molecular weight excluding hydrogens is 264 g/mol. The Hall–Kier alpha value is -1.01. The normalized spacial score (nSPS) is 10.4. The number of aromatic nitrogens is 3. The maximum atomic E-state index is 5.76. The molecular formula is C8H7BrN4S. The van der Waals surface area contributed by atoms with Crippen LogP contribution in [0.15, 0.2) is 16.2 Å². The van der Waals surface area contributed by atoms with Crippen LogP contribution >= 0.6 is 27.3 Å². The highest BCUT2D eigenvalue weighted by Crippen LogP contribution is 2.30. The predicted octanol–water partition coefficient (Wildman–Crippen LogP) is 2.25. The van der Waals surface area contributed by atoms with Crippen molar-refractivity contribution in [3.63, 3.8) is 0 Å². The van der Waals surface area contributed by atoms with Crippen molar-refractivity contribution in [3.8, 4) is 10.6 Å². The SMILES string of the molecule is Cc1ncc(-c2ncc(Br)s2)c(N)n1. The van der Waals surface area contributed by atoms with E-state index in [1.54, 1.807) is 19.3 Å². The molecule has 0 saturated carbocycles. The molecule has 0 saturated heterocycles. The summed E-state index contributed by atoms with van der Waals surface area (Å²) in [5.74, 6) is 1.14. The molecule has 0 aromatic carbocycles. The van der Waals surface area contributed by atoms with Gasteiger partial charge in [-0.15, -0.1) is 11.3 Å². The number of nitrogen functional groups attached to an aromatic ring is 1. The molecule has 72 valence electrons. The van der Waals surface area contributed by atoms with Gasteiger partial charge in [0.25, 0.3) is 0 Å². The first-order valence-electron chi connectivity index (χ1n) is 3.87. The molecule has 0 aliphatic rings. The van der Waals surface area contributed by atoms with Gasteiger partial charge < -0.3 is 5.73 Å². The van der Waals surface area contributed by atoms with E-state index in [1.807, 2.05) is 0 Å². The summed E-state index contributed by atoms with van der Waals surface area (Å²) < 4.78 is 0.965. The number of rotatable bonds is 1. The zero-order valence-corrected chi connectivity index (χ0v) is 9.76. The maximum Gasteiger partial charge on any atom is 0.137 e. The van der Waals surface area contributed by atoms with Gasteiger partial charge in [-0.2, -0.15) is 0 Å². The first kappa shape index (κ1) is 9.54. The third kappa shape index (κ3) is 1.76. The van der Waals surface area contributed by atoms with Crippen molar-refractivity contribution in [2.45, 2.75) is 6.92 Å². The van der Waals surface area contributed by atoms with Crippen LogP contribution in [-0.4, -0.2) is 15.0 Å². The first-order valence-corrected chi connectivity index (χ1v) is 5.48. The fourth-order valence-corrected chi connectivity index (χ4v) is 2.26. The lowest BCUT2D eigenvalue weighted by molar-refractivity contribution is 1.06. The molecule has 0 amide bonds. The Morgan fingerprint density at radius 1 is 1.36 bits per heavy atom. The van der Waals surface area contributed by atoms with Gasteiger partial charge in [-0.05, 0) is 22.9 Å². The van der Waals surface area contributed by atoms with E-state index in [9.17, 15) is 0 Å². The fraction of sp³-hybridized carbons (Fsp3) is 0.125. The highest BCUT2D eigenvalue weighted by molar-refractivity contribution is 9.11. The second kappa shape index (κ2) is 3.62. The molecule has 0 radical (unpaired) electrons. The van der Waals surface area contributed by atoms with Gasteiger partial charge in [0.15, 0.2) is 0 Å². The van der Waals surface area contributed by atoms with Crippen LogP contribution in [0.3, 0.4) is 0 Å². The molecule has 0 unspecified atom stereocenters. The van der Waals surface area contributed by atoms with Gasteiger partial charge in [-0.25, -0.2) is 15.0 Å².